The molecule has 0 heterocycles. The predicted molar refractivity (Wildman–Crippen MR) is 94.0 cm³/mol. The molecule has 0 saturated carbocycles. The molecule has 1 N–H and O–H groups in total. The molecule has 0 aliphatic carbocycles. The highest BCUT2D eigenvalue weighted by molar-refractivity contribution is 7.80. The summed E-state index contributed by atoms with van der Waals surface area (Å²) in [5.41, 5.74) is 0. The standard InChI is InChI=1S/C17H37NOS/c1-3-5-7-8-9-12-17(11-6-4-2)19-15-10-13-18-14-16-20/h17-18,20H,3-16H2,1-2H3/t17-/m0/s1. The van der Waals surface area contributed by atoms with Gasteiger partial charge in [-0.3, -0.25) is 0 Å². The van der Waals surface area contributed by atoms with Crippen LogP contribution in [0.4, 0.5) is 0 Å². The lowest BCUT2D eigenvalue weighted by atomic mass is 10.0. The van der Waals surface area contributed by atoms with Crippen molar-refractivity contribution >= 4 is 12.6 Å². The molecule has 0 fully saturated rings. The number of ether oxygens (including phenoxy) is 1. The fourth-order valence-electron chi connectivity index (χ4n) is 2.37. The summed E-state index contributed by atoms with van der Waals surface area (Å²) in [7, 11) is 0. The highest BCUT2D eigenvalue weighted by Gasteiger charge is 2.08. The normalized spacial score (nSPS) is 12.8. The van der Waals surface area contributed by atoms with Gasteiger partial charge in [-0.15, -0.1) is 0 Å². The highest BCUT2D eigenvalue weighted by atomic mass is 32.1. The second kappa shape index (κ2) is 17.3. The van der Waals surface area contributed by atoms with Crippen LogP contribution in [0, 0.1) is 0 Å². The summed E-state index contributed by atoms with van der Waals surface area (Å²) in [5, 5.41) is 3.36. The lowest BCUT2D eigenvalue weighted by Crippen LogP contribution is -2.21. The van der Waals surface area contributed by atoms with E-state index in [1.807, 2.05) is 0 Å². The van der Waals surface area contributed by atoms with Gasteiger partial charge in [0, 0.05) is 18.9 Å². The zero-order chi connectivity index (χ0) is 14.9. The van der Waals surface area contributed by atoms with E-state index < -0.39 is 0 Å². The molecule has 0 spiro atoms. The smallest absolute Gasteiger partial charge is 0.0575 e. The van der Waals surface area contributed by atoms with Crippen molar-refractivity contribution in [2.24, 2.45) is 0 Å². The predicted octanol–water partition coefficient (Wildman–Crippen LogP) is 4.83. The van der Waals surface area contributed by atoms with Crippen molar-refractivity contribution in [1.29, 1.82) is 0 Å². The van der Waals surface area contributed by atoms with E-state index in [2.05, 4.69) is 31.8 Å². The van der Waals surface area contributed by atoms with E-state index in [9.17, 15) is 0 Å². The topological polar surface area (TPSA) is 21.3 Å². The third kappa shape index (κ3) is 14.7. The molecule has 0 bridgehead atoms. The van der Waals surface area contributed by atoms with Gasteiger partial charge in [-0.25, -0.2) is 0 Å². The fraction of sp³-hybridized carbons (Fsp3) is 1.00. The largest absolute Gasteiger partial charge is 0.378 e. The van der Waals surface area contributed by atoms with E-state index in [4.69, 9.17) is 4.74 Å². The molecule has 0 aromatic rings. The first-order chi connectivity index (χ1) is 9.85. The van der Waals surface area contributed by atoms with E-state index in [0.29, 0.717) is 6.10 Å². The molecule has 0 unspecified atom stereocenters. The summed E-state index contributed by atoms with van der Waals surface area (Å²) >= 11 is 4.19. The van der Waals surface area contributed by atoms with E-state index in [0.717, 1.165) is 31.9 Å². The first-order valence-electron chi connectivity index (χ1n) is 8.78. The average Bonchev–Trinajstić information content (AvgIpc) is 2.47. The molecule has 0 aromatic heterocycles. The van der Waals surface area contributed by atoms with Gasteiger partial charge < -0.3 is 10.1 Å². The lowest BCUT2D eigenvalue weighted by Gasteiger charge is -2.18. The van der Waals surface area contributed by atoms with E-state index in [-0.39, 0.29) is 0 Å². The lowest BCUT2D eigenvalue weighted by molar-refractivity contribution is 0.0372. The summed E-state index contributed by atoms with van der Waals surface area (Å²) in [4.78, 5) is 0. The number of thiol groups is 1. The Morgan fingerprint density at radius 1 is 0.850 bits per heavy atom. The van der Waals surface area contributed by atoms with Gasteiger partial charge in [-0.05, 0) is 25.8 Å². The van der Waals surface area contributed by atoms with Crippen LogP contribution in [0.3, 0.4) is 0 Å². The second-order valence-corrected chi connectivity index (χ2v) is 6.11. The van der Waals surface area contributed by atoms with Gasteiger partial charge in [0.2, 0.25) is 0 Å². The van der Waals surface area contributed by atoms with Crippen LogP contribution in [0.25, 0.3) is 0 Å². The SMILES string of the molecule is CCCCCCC[C@H](CCCC)OCCCNCCS. The van der Waals surface area contributed by atoms with Crippen LogP contribution in [0.15, 0.2) is 0 Å². The zero-order valence-electron chi connectivity index (χ0n) is 13.8. The Bertz CT molecular complexity index is 178. The van der Waals surface area contributed by atoms with Crippen LogP contribution >= 0.6 is 12.6 Å². The van der Waals surface area contributed by atoms with E-state index >= 15 is 0 Å². The summed E-state index contributed by atoms with van der Waals surface area (Å²) in [5.74, 6) is 0.914. The molecule has 0 saturated heterocycles. The number of rotatable bonds is 16. The van der Waals surface area contributed by atoms with E-state index in [1.165, 1.54) is 57.8 Å². The van der Waals surface area contributed by atoms with Crippen LogP contribution in [-0.4, -0.2) is 31.6 Å². The minimum Gasteiger partial charge on any atom is -0.378 e. The highest BCUT2D eigenvalue weighted by Crippen LogP contribution is 2.14. The van der Waals surface area contributed by atoms with Crippen LogP contribution in [-0.2, 0) is 4.74 Å². The molecule has 122 valence electrons. The Morgan fingerprint density at radius 3 is 2.25 bits per heavy atom. The summed E-state index contributed by atoms with van der Waals surface area (Å²) in [6, 6.07) is 0. The maximum absolute atomic E-state index is 6.07. The summed E-state index contributed by atoms with van der Waals surface area (Å²) in [6.45, 7) is 7.49. The fourth-order valence-corrected chi connectivity index (χ4v) is 2.53. The molecular formula is C17H37NOS. The van der Waals surface area contributed by atoms with E-state index in [1.54, 1.807) is 0 Å². The number of unbranched alkanes of at least 4 members (excludes halogenated alkanes) is 5. The third-order valence-corrected chi connectivity index (χ3v) is 3.87. The molecule has 0 radical (unpaired) electrons. The van der Waals surface area contributed by atoms with Gasteiger partial charge in [0.25, 0.3) is 0 Å². The molecule has 0 rings (SSSR count). The molecule has 0 aliphatic rings. The number of hydrogen-bond acceptors (Lipinski definition) is 3. The molecule has 0 amide bonds. The first-order valence-corrected chi connectivity index (χ1v) is 9.41. The molecule has 20 heavy (non-hydrogen) atoms. The summed E-state index contributed by atoms with van der Waals surface area (Å²) < 4.78 is 6.07. The Balaban J connectivity index is 3.56. The van der Waals surface area contributed by atoms with Crippen LogP contribution in [0.5, 0.6) is 0 Å². The van der Waals surface area contributed by atoms with Crippen molar-refractivity contribution in [3.63, 3.8) is 0 Å². The zero-order valence-corrected chi connectivity index (χ0v) is 14.7. The Kier molecular flexibility index (Phi) is 17.6. The van der Waals surface area contributed by atoms with Crippen molar-refractivity contribution < 1.29 is 4.74 Å². The monoisotopic (exact) mass is 303 g/mol. The first kappa shape index (κ1) is 20.3. The molecule has 2 nitrogen and oxygen atoms in total. The molecule has 0 aromatic carbocycles. The van der Waals surface area contributed by atoms with Gasteiger partial charge in [-0.2, -0.15) is 12.6 Å². The maximum Gasteiger partial charge on any atom is 0.0575 e. The molecular weight excluding hydrogens is 266 g/mol. The average molecular weight is 304 g/mol. The Labute approximate surface area is 132 Å². The van der Waals surface area contributed by atoms with Crippen LogP contribution < -0.4 is 5.32 Å². The van der Waals surface area contributed by atoms with Gasteiger partial charge >= 0.3 is 0 Å². The van der Waals surface area contributed by atoms with Gasteiger partial charge in [0.1, 0.15) is 0 Å². The molecule has 1 atom stereocenters. The van der Waals surface area contributed by atoms with Gasteiger partial charge in [0.15, 0.2) is 0 Å². The summed E-state index contributed by atoms with van der Waals surface area (Å²) in [6.07, 6.45) is 13.5. The number of nitrogens with one attached hydrogen (secondary N) is 1. The van der Waals surface area contributed by atoms with Gasteiger partial charge in [0.05, 0.1) is 6.10 Å². The van der Waals surface area contributed by atoms with Crippen molar-refractivity contribution in [2.45, 2.75) is 84.2 Å². The van der Waals surface area contributed by atoms with Gasteiger partial charge in [-0.1, -0.05) is 58.8 Å². The third-order valence-electron chi connectivity index (χ3n) is 3.65. The quantitative estimate of drug-likeness (QED) is 0.315. The number of hydrogen-bond donors (Lipinski definition) is 2. The maximum atomic E-state index is 6.07. The van der Waals surface area contributed by atoms with Crippen molar-refractivity contribution in [3.8, 4) is 0 Å². The van der Waals surface area contributed by atoms with Crippen molar-refractivity contribution in [2.75, 3.05) is 25.4 Å². The van der Waals surface area contributed by atoms with Crippen LogP contribution in [0.2, 0.25) is 0 Å². The van der Waals surface area contributed by atoms with Crippen molar-refractivity contribution in [1.82, 2.24) is 5.32 Å². The Hall–Kier alpha value is 0.270. The second-order valence-electron chi connectivity index (χ2n) is 5.67. The van der Waals surface area contributed by atoms with Crippen molar-refractivity contribution in [3.05, 3.63) is 0 Å². The minimum atomic E-state index is 0.501. The van der Waals surface area contributed by atoms with Crippen LogP contribution in [0.1, 0.15) is 78.1 Å². The Morgan fingerprint density at radius 2 is 1.55 bits per heavy atom. The molecule has 3 heteroatoms. The minimum absolute atomic E-state index is 0.501. The molecule has 0 aliphatic heterocycles.